The number of hydrogen-bond acceptors (Lipinski definition) is 2. The topological polar surface area (TPSA) is 15.3 Å². The molecule has 1 aromatic carbocycles. The van der Waals surface area contributed by atoms with Crippen molar-refractivity contribution in [3.05, 3.63) is 35.4 Å². The second-order valence-corrected chi connectivity index (χ2v) is 4.48. The molecule has 1 atom stereocenters. The summed E-state index contributed by atoms with van der Waals surface area (Å²) >= 11 is 0. The maximum atomic E-state index is 13.2. The number of alkyl halides is 2. The summed E-state index contributed by atoms with van der Waals surface area (Å²) in [7, 11) is 0. The van der Waals surface area contributed by atoms with Crippen molar-refractivity contribution in [2.45, 2.75) is 19.4 Å². The largest absolute Gasteiger partial charge is 0.314 e. The molecule has 2 rings (SSSR count). The number of hydrogen-bond donors (Lipinski definition) is 1. The number of nitrogens with zero attached hydrogens (tertiary/aromatic N) is 1. The number of benzene rings is 1. The Kier molecular flexibility index (Phi) is 8.50. The van der Waals surface area contributed by atoms with Crippen molar-refractivity contribution in [3.63, 3.8) is 0 Å². The molecule has 1 heterocycles. The maximum Gasteiger partial charge on any atom is 0.258 e. The first kappa shape index (κ1) is 18.6. The van der Waals surface area contributed by atoms with E-state index in [1.54, 1.807) is 6.07 Å². The Labute approximate surface area is 125 Å². The Morgan fingerprint density at radius 3 is 2.32 bits per heavy atom. The molecule has 1 aromatic rings. The van der Waals surface area contributed by atoms with Gasteiger partial charge in [0.2, 0.25) is 0 Å². The summed E-state index contributed by atoms with van der Waals surface area (Å²) < 4.78 is 26.5. The van der Waals surface area contributed by atoms with Crippen molar-refractivity contribution in [1.82, 2.24) is 10.2 Å². The third kappa shape index (κ3) is 4.88. The van der Waals surface area contributed by atoms with Crippen LogP contribution >= 0.6 is 24.8 Å². The van der Waals surface area contributed by atoms with E-state index in [9.17, 15) is 8.78 Å². The van der Waals surface area contributed by atoms with E-state index in [1.807, 2.05) is 30.0 Å². The fourth-order valence-corrected chi connectivity index (χ4v) is 2.33. The van der Waals surface area contributed by atoms with Crippen LogP contribution in [-0.2, 0) is 0 Å². The van der Waals surface area contributed by atoms with Crippen LogP contribution < -0.4 is 5.32 Å². The molecule has 0 aliphatic carbocycles. The summed E-state index contributed by atoms with van der Waals surface area (Å²) in [5.41, 5.74) is 1.75. The SMILES string of the molecule is Cc1cccc([C@@H](C(F)F)N2CCNCC2)c1.Cl.Cl. The minimum absolute atomic E-state index is 0. The van der Waals surface area contributed by atoms with Crippen LogP contribution in [0.15, 0.2) is 24.3 Å². The zero-order valence-corrected chi connectivity index (χ0v) is 12.4. The second kappa shape index (κ2) is 8.69. The van der Waals surface area contributed by atoms with E-state index in [4.69, 9.17) is 0 Å². The minimum Gasteiger partial charge on any atom is -0.314 e. The monoisotopic (exact) mass is 312 g/mol. The highest BCUT2D eigenvalue weighted by atomic mass is 35.5. The summed E-state index contributed by atoms with van der Waals surface area (Å²) in [4.78, 5) is 1.87. The Morgan fingerprint density at radius 2 is 1.79 bits per heavy atom. The van der Waals surface area contributed by atoms with E-state index < -0.39 is 12.5 Å². The van der Waals surface area contributed by atoms with Crippen LogP contribution in [0.5, 0.6) is 0 Å². The predicted octanol–water partition coefficient (Wildman–Crippen LogP) is 3.05. The molecule has 1 aliphatic heterocycles. The third-order valence-corrected chi connectivity index (χ3v) is 3.17. The Balaban J connectivity index is 0.00000162. The first-order chi connectivity index (χ1) is 8.18. The highest BCUT2D eigenvalue weighted by molar-refractivity contribution is 5.85. The predicted molar refractivity (Wildman–Crippen MR) is 78.9 cm³/mol. The fraction of sp³-hybridized carbons (Fsp3) is 0.538. The average Bonchev–Trinajstić information content (AvgIpc) is 2.30. The van der Waals surface area contributed by atoms with E-state index in [0.717, 1.165) is 24.2 Å². The van der Waals surface area contributed by atoms with Gasteiger partial charge in [0.15, 0.2) is 0 Å². The molecule has 1 fully saturated rings. The lowest BCUT2D eigenvalue weighted by atomic mass is 10.0. The first-order valence-electron chi connectivity index (χ1n) is 5.98. The molecule has 0 saturated carbocycles. The molecule has 110 valence electrons. The smallest absolute Gasteiger partial charge is 0.258 e. The van der Waals surface area contributed by atoms with E-state index >= 15 is 0 Å². The van der Waals surface area contributed by atoms with Crippen molar-refractivity contribution in [3.8, 4) is 0 Å². The van der Waals surface area contributed by atoms with Crippen LogP contribution in [0.1, 0.15) is 17.2 Å². The highest BCUT2D eigenvalue weighted by Gasteiger charge is 2.29. The van der Waals surface area contributed by atoms with E-state index in [2.05, 4.69) is 5.32 Å². The Morgan fingerprint density at radius 1 is 1.16 bits per heavy atom. The van der Waals surface area contributed by atoms with Crippen molar-refractivity contribution in [2.75, 3.05) is 26.2 Å². The van der Waals surface area contributed by atoms with Crippen molar-refractivity contribution in [2.24, 2.45) is 0 Å². The molecule has 0 bridgehead atoms. The molecule has 19 heavy (non-hydrogen) atoms. The summed E-state index contributed by atoms with van der Waals surface area (Å²) in [6.07, 6.45) is -2.34. The van der Waals surface area contributed by atoms with E-state index in [0.29, 0.717) is 13.1 Å². The van der Waals surface area contributed by atoms with Gasteiger partial charge in [0.25, 0.3) is 6.43 Å². The fourth-order valence-electron chi connectivity index (χ4n) is 2.33. The lowest BCUT2D eigenvalue weighted by molar-refractivity contribution is 0.0181. The van der Waals surface area contributed by atoms with Crippen LogP contribution in [0.3, 0.4) is 0 Å². The van der Waals surface area contributed by atoms with Crippen molar-refractivity contribution < 1.29 is 8.78 Å². The Bertz CT molecular complexity index is 371. The van der Waals surface area contributed by atoms with E-state index in [-0.39, 0.29) is 24.8 Å². The standard InChI is InChI=1S/C13H18F2N2.2ClH/c1-10-3-2-4-11(9-10)12(13(14)15)17-7-5-16-6-8-17;;/h2-4,9,12-13,16H,5-8H2,1H3;2*1H/t12-;;/m0../s1. The molecule has 6 heteroatoms. The first-order valence-corrected chi connectivity index (χ1v) is 5.98. The molecule has 0 unspecified atom stereocenters. The van der Waals surface area contributed by atoms with Gasteiger partial charge in [-0.15, -0.1) is 24.8 Å². The summed E-state index contributed by atoms with van der Waals surface area (Å²) in [6.45, 7) is 4.87. The van der Waals surface area contributed by atoms with Gasteiger partial charge in [-0.1, -0.05) is 29.8 Å². The zero-order valence-electron chi connectivity index (χ0n) is 10.8. The van der Waals surface area contributed by atoms with Gasteiger partial charge in [-0.05, 0) is 12.5 Å². The molecule has 1 saturated heterocycles. The molecule has 1 N–H and O–H groups in total. The van der Waals surface area contributed by atoms with Crippen LogP contribution in [0, 0.1) is 6.92 Å². The summed E-state index contributed by atoms with van der Waals surface area (Å²) in [5.74, 6) is 0. The summed E-state index contributed by atoms with van der Waals surface area (Å²) in [5, 5.41) is 3.18. The van der Waals surface area contributed by atoms with Crippen LogP contribution in [0.4, 0.5) is 8.78 Å². The van der Waals surface area contributed by atoms with Gasteiger partial charge < -0.3 is 5.32 Å². The van der Waals surface area contributed by atoms with Gasteiger partial charge in [-0.25, -0.2) is 8.78 Å². The van der Waals surface area contributed by atoms with Gasteiger partial charge in [-0.3, -0.25) is 4.90 Å². The molecule has 0 amide bonds. The molecule has 0 radical (unpaired) electrons. The molecule has 2 nitrogen and oxygen atoms in total. The molecule has 0 aromatic heterocycles. The number of piperazine rings is 1. The van der Waals surface area contributed by atoms with Gasteiger partial charge in [0.1, 0.15) is 0 Å². The van der Waals surface area contributed by atoms with Crippen LogP contribution in [0.25, 0.3) is 0 Å². The molecular weight excluding hydrogens is 293 g/mol. The van der Waals surface area contributed by atoms with Crippen molar-refractivity contribution >= 4 is 24.8 Å². The quantitative estimate of drug-likeness (QED) is 0.923. The summed E-state index contributed by atoms with van der Waals surface area (Å²) in [6, 6.07) is 6.67. The van der Waals surface area contributed by atoms with Crippen LogP contribution in [0.2, 0.25) is 0 Å². The van der Waals surface area contributed by atoms with Gasteiger partial charge in [0, 0.05) is 26.2 Å². The van der Waals surface area contributed by atoms with Gasteiger partial charge in [0.05, 0.1) is 6.04 Å². The highest BCUT2D eigenvalue weighted by Crippen LogP contribution is 2.28. The number of rotatable bonds is 3. The normalized spacial score (nSPS) is 17.5. The lowest BCUT2D eigenvalue weighted by Crippen LogP contribution is -2.46. The number of halogens is 4. The molecule has 1 aliphatic rings. The Hall–Kier alpha value is -0.420. The average molecular weight is 313 g/mol. The van der Waals surface area contributed by atoms with E-state index in [1.165, 1.54) is 0 Å². The zero-order chi connectivity index (χ0) is 12.3. The number of aryl methyl sites for hydroxylation is 1. The lowest BCUT2D eigenvalue weighted by Gasteiger charge is -2.34. The van der Waals surface area contributed by atoms with Crippen molar-refractivity contribution in [1.29, 1.82) is 0 Å². The molecular formula is C13H20Cl2F2N2. The number of nitrogens with one attached hydrogen (secondary N) is 1. The third-order valence-electron chi connectivity index (χ3n) is 3.17. The maximum absolute atomic E-state index is 13.2. The second-order valence-electron chi connectivity index (χ2n) is 4.48. The van der Waals surface area contributed by atoms with Crippen LogP contribution in [-0.4, -0.2) is 37.5 Å². The van der Waals surface area contributed by atoms with Gasteiger partial charge in [-0.2, -0.15) is 0 Å². The molecule has 0 spiro atoms. The van der Waals surface area contributed by atoms with Gasteiger partial charge >= 0.3 is 0 Å². The minimum atomic E-state index is -2.34.